The van der Waals surface area contributed by atoms with E-state index in [9.17, 15) is 4.79 Å². The summed E-state index contributed by atoms with van der Waals surface area (Å²) in [5, 5.41) is 0. The molecule has 3 aromatic rings. The van der Waals surface area contributed by atoms with Gasteiger partial charge in [-0.15, -0.1) is 0 Å². The Morgan fingerprint density at radius 3 is 2.60 bits per heavy atom. The molecule has 0 fully saturated rings. The molecule has 0 saturated carbocycles. The van der Waals surface area contributed by atoms with Gasteiger partial charge < -0.3 is 5.73 Å². The second-order valence-corrected chi connectivity index (χ2v) is 4.82. The van der Waals surface area contributed by atoms with Crippen molar-refractivity contribution in [2.75, 3.05) is 5.73 Å². The molecule has 0 aliphatic carbocycles. The van der Waals surface area contributed by atoms with Crippen LogP contribution in [0.4, 0.5) is 5.82 Å². The number of nitrogens with zero attached hydrogens (tertiary/aromatic N) is 4. The standard InChI is InChI=1S/C14H15N5O/c1-17-11-12(15)16-9-19(13(11)18(2)14(17)20)8-10-6-4-3-5-7-10/h3-7,9,15H,8H2,1-2H3/p+1. The minimum Gasteiger partial charge on any atom is -0.368 e. The summed E-state index contributed by atoms with van der Waals surface area (Å²) in [5.41, 5.74) is 8.37. The minimum absolute atomic E-state index is 0.110. The second kappa shape index (κ2) is 4.48. The highest BCUT2D eigenvalue weighted by Crippen LogP contribution is 2.12. The molecule has 6 nitrogen and oxygen atoms in total. The van der Waals surface area contributed by atoms with E-state index >= 15 is 0 Å². The molecule has 6 heteroatoms. The maximum Gasteiger partial charge on any atom is 0.386 e. The van der Waals surface area contributed by atoms with Crippen LogP contribution in [-0.2, 0) is 20.6 Å². The first-order valence-corrected chi connectivity index (χ1v) is 6.33. The molecule has 1 aromatic carbocycles. The van der Waals surface area contributed by atoms with Gasteiger partial charge in [0.1, 0.15) is 0 Å². The van der Waals surface area contributed by atoms with Crippen molar-refractivity contribution in [3.8, 4) is 0 Å². The molecule has 0 spiro atoms. The van der Waals surface area contributed by atoms with Crippen LogP contribution in [0.25, 0.3) is 11.2 Å². The molecule has 2 aromatic heterocycles. The van der Waals surface area contributed by atoms with Gasteiger partial charge in [0.2, 0.25) is 12.1 Å². The number of anilines is 1. The Morgan fingerprint density at radius 2 is 1.90 bits per heavy atom. The highest BCUT2D eigenvalue weighted by molar-refractivity contribution is 5.79. The molecule has 0 amide bonds. The first-order valence-electron chi connectivity index (χ1n) is 6.33. The number of fused-ring (bicyclic) bond motifs is 1. The number of nitrogens with two attached hydrogens (primary N) is 1. The van der Waals surface area contributed by atoms with Gasteiger partial charge in [0, 0.05) is 7.05 Å². The molecule has 0 bridgehead atoms. The summed E-state index contributed by atoms with van der Waals surface area (Å²) >= 11 is 0. The van der Waals surface area contributed by atoms with Crippen molar-refractivity contribution in [2.45, 2.75) is 6.54 Å². The lowest BCUT2D eigenvalue weighted by atomic mass is 10.2. The van der Waals surface area contributed by atoms with Crippen molar-refractivity contribution in [3.63, 3.8) is 0 Å². The smallest absolute Gasteiger partial charge is 0.368 e. The molecule has 3 rings (SSSR count). The van der Waals surface area contributed by atoms with Gasteiger partial charge in [-0.25, -0.2) is 13.9 Å². The summed E-state index contributed by atoms with van der Waals surface area (Å²) in [6.07, 6.45) is 1.67. The van der Waals surface area contributed by atoms with Gasteiger partial charge in [0.15, 0.2) is 5.52 Å². The fourth-order valence-electron chi connectivity index (χ4n) is 2.48. The fourth-order valence-corrected chi connectivity index (χ4v) is 2.48. The van der Waals surface area contributed by atoms with Gasteiger partial charge in [-0.1, -0.05) is 35.3 Å². The van der Waals surface area contributed by atoms with Crippen molar-refractivity contribution in [3.05, 3.63) is 52.7 Å². The number of rotatable bonds is 2. The third-order valence-electron chi connectivity index (χ3n) is 3.49. The summed E-state index contributed by atoms with van der Waals surface area (Å²) in [6.45, 7) is 0.641. The third-order valence-corrected chi connectivity index (χ3v) is 3.49. The Hall–Kier alpha value is -2.63. The molecule has 20 heavy (non-hydrogen) atoms. The van der Waals surface area contributed by atoms with E-state index in [1.807, 2.05) is 34.9 Å². The van der Waals surface area contributed by atoms with E-state index in [0.717, 1.165) is 11.2 Å². The van der Waals surface area contributed by atoms with Crippen LogP contribution >= 0.6 is 0 Å². The lowest BCUT2D eigenvalue weighted by Gasteiger charge is -2.04. The van der Waals surface area contributed by atoms with Crippen molar-refractivity contribution in [2.24, 2.45) is 14.1 Å². The SMILES string of the molecule is Cn1c(=O)n(C)c2c1c(N)nc[n+]2Cc1ccccc1. The largest absolute Gasteiger partial charge is 0.386 e. The highest BCUT2D eigenvalue weighted by Gasteiger charge is 2.21. The topological polar surface area (TPSA) is 69.7 Å². The van der Waals surface area contributed by atoms with Gasteiger partial charge in [-0.3, -0.25) is 4.57 Å². The zero-order valence-electron chi connectivity index (χ0n) is 11.4. The number of nitrogen functional groups attached to an aromatic ring is 1. The third kappa shape index (κ3) is 1.77. The van der Waals surface area contributed by atoms with Crippen LogP contribution in [0.1, 0.15) is 5.56 Å². The summed E-state index contributed by atoms with van der Waals surface area (Å²) < 4.78 is 5.05. The molecule has 0 aliphatic heterocycles. The Kier molecular flexibility index (Phi) is 2.78. The number of benzene rings is 1. The van der Waals surface area contributed by atoms with E-state index in [1.165, 1.54) is 4.57 Å². The number of hydrogen-bond donors (Lipinski definition) is 1. The van der Waals surface area contributed by atoms with E-state index in [4.69, 9.17) is 5.73 Å². The van der Waals surface area contributed by atoms with Crippen molar-refractivity contribution in [1.29, 1.82) is 0 Å². The van der Waals surface area contributed by atoms with Crippen LogP contribution in [0.3, 0.4) is 0 Å². The summed E-state index contributed by atoms with van der Waals surface area (Å²) in [4.78, 5) is 16.3. The van der Waals surface area contributed by atoms with Crippen LogP contribution in [0.2, 0.25) is 0 Å². The monoisotopic (exact) mass is 270 g/mol. The van der Waals surface area contributed by atoms with Crippen LogP contribution < -0.4 is 16.0 Å². The van der Waals surface area contributed by atoms with Crippen molar-refractivity contribution in [1.82, 2.24) is 14.1 Å². The van der Waals surface area contributed by atoms with E-state index in [0.29, 0.717) is 17.9 Å². The van der Waals surface area contributed by atoms with Crippen molar-refractivity contribution >= 4 is 17.0 Å². The van der Waals surface area contributed by atoms with Gasteiger partial charge in [-0.2, -0.15) is 0 Å². The van der Waals surface area contributed by atoms with Crippen LogP contribution in [0, 0.1) is 0 Å². The maximum atomic E-state index is 12.1. The fraction of sp³-hybridized carbons (Fsp3) is 0.214. The predicted octanol–water partition coefficient (Wildman–Crippen LogP) is 0.190. The number of aromatic nitrogens is 4. The summed E-state index contributed by atoms with van der Waals surface area (Å²) in [7, 11) is 3.45. The van der Waals surface area contributed by atoms with Crippen molar-refractivity contribution < 1.29 is 4.57 Å². The quantitative estimate of drug-likeness (QED) is 0.676. The van der Waals surface area contributed by atoms with E-state index in [1.54, 1.807) is 25.0 Å². The minimum atomic E-state index is -0.110. The Labute approximate surface area is 115 Å². The zero-order chi connectivity index (χ0) is 14.3. The first kappa shape index (κ1) is 12.4. The molecular formula is C14H16N5O+. The normalized spacial score (nSPS) is 11.1. The molecule has 0 atom stereocenters. The van der Waals surface area contributed by atoms with Crippen LogP contribution in [-0.4, -0.2) is 14.1 Å². The van der Waals surface area contributed by atoms with E-state index in [-0.39, 0.29) is 5.69 Å². The molecule has 102 valence electrons. The molecule has 0 unspecified atom stereocenters. The van der Waals surface area contributed by atoms with Crippen LogP contribution in [0.15, 0.2) is 41.5 Å². The Balaban J connectivity index is 2.25. The molecular weight excluding hydrogens is 254 g/mol. The molecule has 0 aliphatic rings. The highest BCUT2D eigenvalue weighted by atomic mass is 16.1. The Morgan fingerprint density at radius 1 is 1.20 bits per heavy atom. The maximum absolute atomic E-state index is 12.1. The molecule has 0 saturated heterocycles. The number of hydrogen-bond acceptors (Lipinski definition) is 3. The van der Waals surface area contributed by atoms with Gasteiger partial charge in [0.25, 0.3) is 5.65 Å². The van der Waals surface area contributed by atoms with E-state index in [2.05, 4.69) is 4.98 Å². The molecule has 0 radical (unpaired) electrons. The van der Waals surface area contributed by atoms with E-state index < -0.39 is 0 Å². The first-order chi connectivity index (χ1) is 9.59. The Bertz CT molecular complexity index is 832. The molecule has 2 heterocycles. The van der Waals surface area contributed by atoms with Gasteiger partial charge >= 0.3 is 5.69 Å². The second-order valence-electron chi connectivity index (χ2n) is 4.82. The number of imidazole rings is 1. The number of aryl methyl sites for hydroxylation is 2. The summed E-state index contributed by atoms with van der Waals surface area (Å²) in [5.74, 6) is 0.365. The average molecular weight is 270 g/mol. The van der Waals surface area contributed by atoms with Gasteiger partial charge in [-0.05, 0) is 5.56 Å². The predicted molar refractivity (Wildman–Crippen MR) is 76.1 cm³/mol. The lowest BCUT2D eigenvalue weighted by molar-refractivity contribution is -0.667. The van der Waals surface area contributed by atoms with Crippen LogP contribution in [0.5, 0.6) is 0 Å². The summed E-state index contributed by atoms with van der Waals surface area (Å²) in [6, 6.07) is 10.0. The van der Waals surface area contributed by atoms with Gasteiger partial charge in [0.05, 0.1) is 13.6 Å². The average Bonchev–Trinajstić information content (AvgIpc) is 2.69. The molecule has 2 N–H and O–H groups in total. The lowest BCUT2D eigenvalue weighted by Crippen LogP contribution is -2.38. The zero-order valence-corrected chi connectivity index (χ0v) is 11.4.